The molecular formula is C7H14N2O2. The Bertz CT molecular complexity index is 136. The van der Waals surface area contributed by atoms with Crippen LogP contribution in [-0.4, -0.2) is 24.8 Å². The number of carbonyl (C=O) groups is 2. The molecule has 0 aliphatic carbocycles. The van der Waals surface area contributed by atoms with Crippen molar-refractivity contribution < 1.29 is 9.59 Å². The SMILES string of the molecule is CCNC(=O)CCC(N)C=O. The highest BCUT2D eigenvalue weighted by Crippen LogP contribution is 1.90. The van der Waals surface area contributed by atoms with Crippen molar-refractivity contribution in [2.24, 2.45) is 5.73 Å². The molecule has 3 N–H and O–H groups in total. The number of nitrogens with two attached hydrogens (primary N) is 1. The van der Waals surface area contributed by atoms with Gasteiger partial charge in [0.1, 0.15) is 6.29 Å². The van der Waals surface area contributed by atoms with Crippen molar-refractivity contribution in [1.82, 2.24) is 5.32 Å². The molecule has 0 aromatic rings. The summed E-state index contributed by atoms with van der Waals surface area (Å²) in [6, 6.07) is -0.502. The Morgan fingerprint density at radius 3 is 2.82 bits per heavy atom. The molecule has 0 aliphatic heterocycles. The Balaban J connectivity index is 3.37. The predicted octanol–water partition coefficient (Wildman–Crippen LogP) is -0.571. The first-order chi connectivity index (χ1) is 5.20. The fraction of sp³-hybridized carbons (Fsp3) is 0.714. The summed E-state index contributed by atoms with van der Waals surface area (Å²) in [4.78, 5) is 20.8. The highest BCUT2D eigenvalue weighted by molar-refractivity contribution is 5.76. The maximum absolute atomic E-state index is 10.8. The molecule has 0 saturated heterocycles. The Kier molecular flexibility index (Phi) is 5.37. The lowest BCUT2D eigenvalue weighted by molar-refractivity contribution is -0.121. The summed E-state index contributed by atoms with van der Waals surface area (Å²) in [5.74, 6) is -0.0511. The van der Waals surface area contributed by atoms with Gasteiger partial charge in [-0.05, 0) is 13.3 Å². The van der Waals surface area contributed by atoms with Crippen molar-refractivity contribution in [2.75, 3.05) is 6.54 Å². The Morgan fingerprint density at radius 1 is 1.73 bits per heavy atom. The van der Waals surface area contributed by atoms with Gasteiger partial charge in [0.25, 0.3) is 0 Å². The summed E-state index contributed by atoms with van der Waals surface area (Å²) < 4.78 is 0. The molecule has 1 atom stereocenters. The van der Waals surface area contributed by atoms with Gasteiger partial charge in [0.05, 0.1) is 6.04 Å². The van der Waals surface area contributed by atoms with Crippen molar-refractivity contribution in [3.63, 3.8) is 0 Å². The van der Waals surface area contributed by atoms with Crippen LogP contribution in [0.1, 0.15) is 19.8 Å². The lowest BCUT2D eigenvalue weighted by atomic mass is 10.2. The van der Waals surface area contributed by atoms with E-state index in [9.17, 15) is 9.59 Å². The van der Waals surface area contributed by atoms with Gasteiger partial charge in [-0.15, -0.1) is 0 Å². The molecule has 0 rings (SSSR count). The average Bonchev–Trinajstić information content (AvgIpc) is 2.01. The number of hydrogen-bond acceptors (Lipinski definition) is 3. The molecule has 4 heteroatoms. The standard InChI is InChI=1S/C7H14N2O2/c1-2-9-7(11)4-3-6(8)5-10/h5-6H,2-4,8H2,1H3,(H,9,11). The van der Waals surface area contributed by atoms with Gasteiger partial charge in [-0.3, -0.25) is 4.79 Å². The van der Waals surface area contributed by atoms with Crippen molar-refractivity contribution in [3.05, 3.63) is 0 Å². The topological polar surface area (TPSA) is 72.2 Å². The van der Waals surface area contributed by atoms with Crippen LogP contribution in [0, 0.1) is 0 Å². The van der Waals surface area contributed by atoms with E-state index in [4.69, 9.17) is 5.73 Å². The first-order valence-corrected chi connectivity index (χ1v) is 3.68. The number of hydrogen-bond donors (Lipinski definition) is 2. The molecule has 1 unspecified atom stereocenters. The zero-order valence-corrected chi connectivity index (χ0v) is 6.67. The van der Waals surface area contributed by atoms with E-state index in [1.54, 1.807) is 0 Å². The molecule has 64 valence electrons. The fourth-order valence-electron chi connectivity index (χ4n) is 0.651. The van der Waals surface area contributed by atoms with Crippen molar-refractivity contribution in [3.8, 4) is 0 Å². The summed E-state index contributed by atoms with van der Waals surface area (Å²) in [6.07, 6.45) is 1.41. The van der Waals surface area contributed by atoms with Crippen LogP contribution < -0.4 is 11.1 Å². The lowest BCUT2D eigenvalue weighted by Gasteiger charge is -2.03. The zero-order valence-electron chi connectivity index (χ0n) is 6.67. The minimum Gasteiger partial charge on any atom is -0.356 e. The average molecular weight is 158 g/mol. The second-order valence-electron chi connectivity index (χ2n) is 2.29. The zero-order chi connectivity index (χ0) is 8.69. The van der Waals surface area contributed by atoms with Crippen LogP contribution in [-0.2, 0) is 9.59 Å². The maximum Gasteiger partial charge on any atom is 0.220 e. The van der Waals surface area contributed by atoms with Crippen LogP contribution in [0.2, 0.25) is 0 Å². The van der Waals surface area contributed by atoms with E-state index < -0.39 is 6.04 Å². The van der Waals surface area contributed by atoms with Crippen LogP contribution in [0.3, 0.4) is 0 Å². The largest absolute Gasteiger partial charge is 0.356 e. The van der Waals surface area contributed by atoms with E-state index in [1.165, 1.54) is 0 Å². The molecule has 11 heavy (non-hydrogen) atoms. The van der Waals surface area contributed by atoms with E-state index in [0.717, 1.165) is 0 Å². The number of aldehydes is 1. The van der Waals surface area contributed by atoms with Crippen LogP contribution in [0.4, 0.5) is 0 Å². The van der Waals surface area contributed by atoms with E-state index in [0.29, 0.717) is 25.7 Å². The first kappa shape index (κ1) is 10.1. The number of rotatable bonds is 5. The monoisotopic (exact) mass is 158 g/mol. The van der Waals surface area contributed by atoms with E-state index in [2.05, 4.69) is 5.32 Å². The van der Waals surface area contributed by atoms with Crippen molar-refractivity contribution in [1.29, 1.82) is 0 Å². The molecule has 0 fully saturated rings. The van der Waals surface area contributed by atoms with E-state index in [-0.39, 0.29) is 5.91 Å². The molecule has 0 aromatic heterocycles. The highest BCUT2D eigenvalue weighted by atomic mass is 16.1. The molecule has 0 aliphatic rings. The maximum atomic E-state index is 10.8. The molecule has 0 spiro atoms. The van der Waals surface area contributed by atoms with Gasteiger partial charge < -0.3 is 15.8 Å². The molecule has 0 radical (unpaired) electrons. The minimum absolute atomic E-state index is 0.0511. The van der Waals surface area contributed by atoms with Crippen molar-refractivity contribution in [2.45, 2.75) is 25.8 Å². The molecule has 4 nitrogen and oxygen atoms in total. The van der Waals surface area contributed by atoms with Gasteiger partial charge in [0, 0.05) is 13.0 Å². The number of nitrogens with one attached hydrogen (secondary N) is 1. The van der Waals surface area contributed by atoms with Gasteiger partial charge in [0.2, 0.25) is 5.91 Å². The first-order valence-electron chi connectivity index (χ1n) is 3.68. The van der Waals surface area contributed by atoms with Crippen LogP contribution in [0.5, 0.6) is 0 Å². The fourth-order valence-corrected chi connectivity index (χ4v) is 0.651. The smallest absolute Gasteiger partial charge is 0.220 e. The second-order valence-corrected chi connectivity index (χ2v) is 2.29. The Morgan fingerprint density at radius 2 is 2.36 bits per heavy atom. The number of carbonyl (C=O) groups excluding carboxylic acids is 2. The van der Waals surface area contributed by atoms with Crippen LogP contribution in [0.15, 0.2) is 0 Å². The summed E-state index contributed by atoms with van der Waals surface area (Å²) in [6.45, 7) is 2.46. The molecule has 0 aromatic carbocycles. The molecule has 0 bridgehead atoms. The van der Waals surface area contributed by atoms with Gasteiger partial charge in [-0.2, -0.15) is 0 Å². The molecule has 0 saturated carbocycles. The molecule has 1 amide bonds. The summed E-state index contributed by atoms with van der Waals surface area (Å²) in [7, 11) is 0. The van der Waals surface area contributed by atoms with Gasteiger partial charge in [-0.25, -0.2) is 0 Å². The predicted molar refractivity (Wildman–Crippen MR) is 42.0 cm³/mol. The third kappa shape index (κ3) is 5.54. The lowest BCUT2D eigenvalue weighted by Crippen LogP contribution is -2.27. The van der Waals surface area contributed by atoms with Gasteiger partial charge in [0.15, 0.2) is 0 Å². The van der Waals surface area contributed by atoms with Crippen molar-refractivity contribution >= 4 is 12.2 Å². The Labute approximate surface area is 66.1 Å². The highest BCUT2D eigenvalue weighted by Gasteiger charge is 2.03. The normalized spacial score (nSPS) is 12.2. The Hall–Kier alpha value is -0.900. The molecular weight excluding hydrogens is 144 g/mol. The molecule has 0 heterocycles. The minimum atomic E-state index is -0.502. The van der Waals surface area contributed by atoms with Crippen LogP contribution >= 0.6 is 0 Å². The van der Waals surface area contributed by atoms with Gasteiger partial charge >= 0.3 is 0 Å². The van der Waals surface area contributed by atoms with E-state index in [1.807, 2.05) is 6.92 Å². The van der Waals surface area contributed by atoms with Gasteiger partial charge in [-0.1, -0.05) is 0 Å². The van der Waals surface area contributed by atoms with E-state index >= 15 is 0 Å². The second kappa shape index (κ2) is 5.85. The summed E-state index contributed by atoms with van der Waals surface area (Å²) in [5, 5.41) is 2.61. The third-order valence-corrected chi connectivity index (χ3v) is 1.25. The van der Waals surface area contributed by atoms with Crippen LogP contribution in [0.25, 0.3) is 0 Å². The quantitative estimate of drug-likeness (QED) is 0.526. The third-order valence-electron chi connectivity index (χ3n) is 1.25. The summed E-state index contributed by atoms with van der Waals surface area (Å²) in [5.41, 5.74) is 5.27. The number of amides is 1. The summed E-state index contributed by atoms with van der Waals surface area (Å²) >= 11 is 0.